The average molecular weight is 514 g/mol. The number of hydrogen-bond acceptors (Lipinski definition) is 6. The fourth-order valence-electron chi connectivity index (χ4n) is 3.66. The molecular formula is C26H22F3N3O3S. The van der Waals surface area contributed by atoms with Crippen molar-refractivity contribution < 1.29 is 22.7 Å². The van der Waals surface area contributed by atoms with Crippen LogP contribution in [0.5, 0.6) is 0 Å². The van der Waals surface area contributed by atoms with Crippen molar-refractivity contribution in [3.63, 3.8) is 0 Å². The summed E-state index contributed by atoms with van der Waals surface area (Å²) in [7, 11) is 0. The van der Waals surface area contributed by atoms with Crippen LogP contribution in [0.4, 0.5) is 24.7 Å². The van der Waals surface area contributed by atoms with Gasteiger partial charge in [0.25, 0.3) is 0 Å². The van der Waals surface area contributed by atoms with Crippen molar-refractivity contribution in [3.8, 4) is 5.69 Å². The first kappa shape index (κ1) is 25.3. The summed E-state index contributed by atoms with van der Waals surface area (Å²) in [5.74, 6) is -0.0109. The molecule has 6 nitrogen and oxygen atoms in total. The zero-order valence-electron chi connectivity index (χ0n) is 19.2. The largest absolute Gasteiger partial charge is 0.466 e. The first-order valence-electron chi connectivity index (χ1n) is 11.1. The Morgan fingerprint density at radius 2 is 1.72 bits per heavy atom. The van der Waals surface area contributed by atoms with Crippen LogP contribution in [0.3, 0.4) is 0 Å². The Bertz CT molecular complexity index is 1430. The molecule has 2 aromatic heterocycles. The number of rotatable bonds is 8. The van der Waals surface area contributed by atoms with Gasteiger partial charge in [-0.3, -0.25) is 14.2 Å². The van der Waals surface area contributed by atoms with E-state index < -0.39 is 28.5 Å². The Kier molecular flexibility index (Phi) is 7.64. The Morgan fingerprint density at radius 3 is 2.36 bits per heavy atom. The lowest BCUT2D eigenvalue weighted by Crippen LogP contribution is -2.18. The third-order valence-corrected chi connectivity index (χ3v) is 6.08. The number of benzene rings is 2. The molecule has 0 saturated heterocycles. The lowest BCUT2D eigenvalue weighted by Gasteiger charge is -2.20. The maximum atomic E-state index is 14.1. The normalized spacial score (nSPS) is 11.4. The molecule has 0 radical (unpaired) electrons. The van der Waals surface area contributed by atoms with Gasteiger partial charge in [0.15, 0.2) is 11.1 Å². The van der Waals surface area contributed by atoms with Gasteiger partial charge in [0.05, 0.1) is 29.0 Å². The van der Waals surface area contributed by atoms with Crippen LogP contribution in [-0.2, 0) is 15.7 Å². The second-order valence-corrected chi connectivity index (χ2v) is 8.78. The minimum atomic E-state index is -4.79. The molecule has 2 aromatic carbocycles. The van der Waals surface area contributed by atoms with E-state index >= 15 is 0 Å². The van der Waals surface area contributed by atoms with E-state index in [9.17, 15) is 22.8 Å². The van der Waals surface area contributed by atoms with Gasteiger partial charge in [-0.25, -0.2) is 4.98 Å². The molecule has 0 saturated carbocycles. The number of halogens is 3. The molecule has 10 heteroatoms. The van der Waals surface area contributed by atoms with Gasteiger partial charge < -0.3 is 10.1 Å². The van der Waals surface area contributed by atoms with E-state index in [1.54, 1.807) is 61.5 Å². The molecule has 0 aliphatic rings. The number of carbonyl (C=O) groups excluding carboxylic acids is 1. The monoisotopic (exact) mass is 513 g/mol. The van der Waals surface area contributed by atoms with E-state index in [1.165, 1.54) is 4.57 Å². The van der Waals surface area contributed by atoms with Crippen LogP contribution < -0.4 is 10.7 Å². The molecule has 0 aliphatic carbocycles. The van der Waals surface area contributed by atoms with Crippen molar-refractivity contribution in [2.24, 2.45) is 0 Å². The van der Waals surface area contributed by atoms with Gasteiger partial charge in [0.1, 0.15) is 5.82 Å². The summed E-state index contributed by atoms with van der Waals surface area (Å²) in [5, 5.41) is 2.64. The van der Waals surface area contributed by atoms with Crippen LogP contribution in [0.1, 0.15) is 18.9 Å². The van der Waals surface area contributed by atoms with Crippen LogP contribution in [-0.4, -0.2) is 27.9 Å². The average Bonchev–Trinajstić information content (AvgIpc) is 2.84. The highest BCUT2D eigenvalue weighted by Gasteiger charge is 2.35. The lowest BCUT2D eigenvalue weighted by atomic mass is 10.1. The fourth-order valence-corrected chi connectivity index (χ4v) is 4.49. The van der Waals surface area contributed by atoms with E-state index in [4.69, 9.17) is 4.74 Å². The number of hydrogen-bond donors (Lipinski definition) is 1. The van der Waals surface area contributed by atoms with Gasteiger partial charge in [-0.2, -0.15) is 13.2 Å². The number of nitrogens with one attached hydrogen (secondary N) is 1. The highest BCUT2D eigenvalue weighted by molar-refractivity contribution is 7.99. The smallest absolute Gasteiger partial charge is 0.417 e. The zero-order valence-corrected chi connectivity index (χ0v) is 20.0. The molecule has 0 amide bonds. The molecule has 0 spiro atoms. The topological polar surface area (TPSA) is 73.2 Å². The van der Waals surface area contributed by atoms with E-state index in [0.717, 1.165) is 23.9 Å². The minimum Gasteiger partial charge on any atom is -0.466 e. The van der Waals surface area contributed by atoms with Crippen LogP contribution in [0.15, 0.2) is 82.6 Å². The van der Waals surface area contributed by atoms with Crippen LogP contribution in [0, 0.1) is 0 Å². The number of aromatic nitrogens is 2. The number of esters is 1. The molecule has 4 rings (SSSR count). The molecule has 0 atom stereocenters. The molecule has 36 heavy (non-hydrogen) atoms. The molecule has 0 fully saturated rings. The molecule has 186 valence electrons. The number of para-hydroxylation sites is 2. The number of pyridine rings is 2. The lowest BCUT2D eigenvalue weighted by molar-refractivity contribution is -0.142. The molecule has 0 aliphatic heterocycles. The number of anilines is 2. The van der Waals surface area contributed by atoms with Crippen molar-refractivity contribution in [1.82, 2.24) is 9.55 Å². The van der Waals surface area contributed by atoms with Gasteiger partial charge in [-0.1, -0.05) is 36.4 Å². The number of fused-ring (bicyclic) bond motifs is 1. The van der Waals surface area contributed by atoms with E-state index in [1.807, 2.05) is 6.07 Å². The number of nitrogens with zero attached hydrogens (tertiary/aromatic N) is 2. The second-order valence-electron chi connectivity index (χ2n) is 7.66. The molecule has 1 N–H and O–H groups in total. The number of alkyl halides is 3. The molecule has 4 aromatic rings. The summed E-state index contributed by atoms with van der Waals surface area (Å²) in [6.45, 7) is 1.89. The predicted molar refractivity (Wildman–Crippen MR) is 134 cm³/mol. The summed E-state index contributed by atoms with van der Waals surface area (Å²) in [4.78, 5) is 29.2. The maximum Gasteiger partial charge on any atom is 0.417 e. The quantitative estimate of drug-likeness (QED) is 0.224. The predicted octanol–water partition coefficient (Wildman–Crippen LogP) is 6.19. The highest BCUT2D eigenvalue weighted by Crippen LogP contribution is 2.37. The molecule has 0 bridgehead atoms. The first-order valence-corrected chi connectivity index (χ1v) is 12.1. The number of ether oxygens (including phenoxy) is 1. The summed E-state index contributed by atoms with van der Waals surface area (Å²) in [6, 6.07) is 19.7. The van der Waals surface area contributed by atoms with Crippen molar-refractivity contribution in [3.05, 3.63) is 88.6 Å². The summed E-state index contributed by atoms with van der Waals surface area (Å²) < 4.78 is 48.8. The minimum absolute atomic E-state index is 0.0146. The molecule has 2 heterocycles. The summed E-state index contributed by atoms with van der Waals surface area (Å²) in [6.07, 6.45) is -4.78. The first-order chi connectivity index (χ1) is 17.3. The van der Waals surface area contributed by atoms with Crippen molar-refractivity contribution in [2.45, 2.75) is 24.5 Å². The SMILES string of the molecule is CCOC(=O)CCSc1cc(C(F)(F)F)c2c(=O)cc(Nc3ccccc3)n(-c3ccccc3)c2n1. The molecule has 0 unspecified atom stereocenters. The van der Waals surface area contributed by atoms with E-state index in [0.29, 0.717) is 11.4 Å². The number of carbonyl (C=O) groups is 1. The van der Waals surface area contributed by atoms with Crippen molar-refractivity contribution in [1.29, 1.82) is 0 Å². The summed E-state index contributed by atoms with van der Waals surface area (Å²) in [5.41, 5.74) is -0.849. The van der Waals surface area contributed by atoms with Gasteiger partial charge in [0, 0.05) is 23.2 Å². The Balaban J connectivity index is 1.93. The zero-order chi connectivity index (χ0) is 25.7. The van der Waals surface area contributed by atoms with Crippen molar-refractivity contribution in [2.75, 3.05) is 17.7 Å². The maximum absolute atomic E-state index is 14.1. The van der Waals surface area contributed by atoms with Gasteiger partial charge in [-0.05, 0) is 37.3 Å². The van der Waals surface area contributed by atoms with Gasteiger partial charge in [0.2, 0.25) is 0 Å². The van der Waals surface area contributed by atoms with Crippen LogP contribution in [0.2, 0.25) is 0 Å². The van der Waals surface area contributed by atoms with E-state index in [2.05, 4.69) is 10.3 Å². The van der Waals surface area contributed by atoms with Gasteiger partial charge >= 0.3 is 12.1 Å². The number of thioether (sulfide) groups is 1. The fraction of sp³-hybridized carbons (Fsp3) is 0.192. The Morgan fingerprint density at radius 1 is 1.06 bits per heavy atom. The standard InChI is InChI=1S/C26H22F3N3O3S/c1-2-35-23(34)13-14-36-22-15-19(26(27,28)29)24-20(33)16-21(30-17-9-5-3-6-10-17)32(25(24)31-22)18-11-7-4-8-12-18/h3-12,15-16,30H,2,13-14H2,1H3. The van der Waals surface area contributed by atoms with Gasteiger partial charge in [-0.15, -0.1) is 11.8 Å². The van der Waals surface area contributed by atoms with Crippen molar-refractivity contribution >= 4 is 40.3 Å². The summed E-state index contributed by atoms with van der Waals surface area (Å²) >= 11 is 0.992. The van der Waals surface area contributed by atoms with E-state index in [-0.39, 0.29) is 35.3 Å². The van der Waals surface area contributed by atoms with Crippen LogP contribution >= 0.6 is 11.8 Å². The third kappa shape index (κ3) is 5.71. The highest BCUT2D eigenvalue weighted by atomic mass is 32.2. The Hall–Kier alpha value is -3.79. The third-order valence-electron chi connectivity index (χ3n) is 5.17. The van der Waals surface area contributed by atoms with Crippen LogP contribution in [0.25, 0.3) is 16.7 Å². The Labute approximate surface area is 209 Å². The second kappa shape index (κ2) is 10.9. The molecular weight excluding hydrogens is 491 g/mol.